The van der Waals surface area contributed by atoms with Gasteiger partial charge in [0.25, 0.3) is 0 Å². The van der Waals surface area contributed by atoms with Crippen molar-refractivity contribution in [3.05, 3.63) is 71.7 Å². The first-order valence-corrected chi connectivity index (χ1v) is 7.13. The number of carbonyl (C=O) groups is 2. The van der Waals surface area contributed by atoms with Gasteiger partial charge in [0.1, 0.15) is 5.82 Å². The molecule has 0 fully saturated rings. The molecule has 1 heterocycles. The minimum absolute atomic E-state index is 0.00143. The van der Waals surface area contributed by atoms with Crippen molar-refractivity contribution in [2.45, 2.75) is 6.42 Å². The minimum atomic E-state index is -0.523. The monoisotopic (exact) mass is 311 g/mol. The summed E-state index contributed by atoms with van der Waals surface area (Å²) in [6.45, 7) is -0.318. The number of hydrogen-bond acceptors (Lipinski definition) is 3. The molecule has 0 aliphatic carbocycles. The number of hydrogen-bond donors (Lipinski definition) is 1. The fourth-order valence-corrected chi connectivity index (χ4v) is 2.35. The highest BCUT2D eigenvalue weighted by Crippen LogP contribution is 2.18. The highest BCUT2D eigenvalue weighted by Gasteiger charge is 2.14. The molecular formula is C18H14FNO3. The second kappa shape index (κ2) is 6.44. The number of para-hydroxylation sites is 1. The van der Waals surface area contributed by atoms with Gasteiger partial charge in [-0.2, -0.15) is 0 Å². The molecule has 23 heavy (non-hydrogen) atoms. The molecule has 0 unspecified atom stereocenters. The number of rotatable bonds is 5. The standard InChI is InChI=1S/C18H14FNO3/c19-13-7-5-12(6-8-13)9-18(22)23-11-17(21)15-10-20-16-4-2-1-3-14(15)16/h1-8,10,20H,9,11H2. The maximum atomic E-state index is 12.8. The van der Waals surface area contributed by atoms with Crippen LogP contribution in [-0.4, -0.2) is 23.3 Å². The van der Waals surface area contributed by atoms with E-state index >= 15 is 0 Å². The molecule has 4 nitrogen and oxygen atoms in total. The lowest BCUT2D eigenvalue weighted by atomic mass is 10.1. The lowest BCUT2D eigenvalue weighted by Gasteiger charge is -2.04. The van der Waals surface area contributed by atoms with Crippen LogP contribution in [0.25, 0.3) is 10.9 Å². The average molecular weight is 311 g/mol. The summed E-state index contributed by atoms with van der Waals surface area (Å²) in [7, 11) is 0. The van der Waals surface area contributed by atoms with Crippen LogP contribution in [0.3, 0.4) is 0 Å². The number of fused-ring (bicyclic) bond motifs is 1. The maximum Gasteiger partial charge on any atom is 0.310 e. The Morgan fingerprint density at radius 2 is 1.78 bits per heavy atom. The van der Waals surface area contributed by atoms with Gasteiger partial charge in [0, 0.05) is 22.7 Å². The van der Waals surface area contributed by atoms with Crippen molar-refractivity contribution in [1.29, 1.82) is 0 Å². The zero-order valence-corrected chi connectivity index (χ0v) is 12.2. The van der Waals surface area contributed by atoms with Crippen molar-refractivity contribution in [2.75, 3.05) is 6.61 Å². The second-order valence-electron chi connectivity index (χ2n) is 5.14. The number of carbonyl (C=O) groups excluding carboxylic acids is 2. The smallest absolute Gasteiger partial charge is 0.310 e. The number of halogens is 1. The van der Waals surface area contributed by atoms with Crippen LogP contribution in [-0.2, 0) is 16.0 Å². The fourth-order valence-electron chi connectivity index (χ4n) is 2.35. The Hall–Kier alpha value is -2.95. The summed E-state index contributed by atoms with van der Waals surface area (Å²) in [4.78, 5) is 26.9. The predicted molar refractivity (Wildman–Crippen MR) is 83.7 cm³/mol. The lowest BCUT2D eigenvalue weighted by Crippen LogP contribution is -2.15. The molecule has 0 amide bonds. The van der Waals surface area contributed by atoms with Crippen molar-refractivity contribution < 1.29 is 18.7 Å². The minimum Gasteiger partial charge on any atom is -0.457 e. The van der Waals surface area contributed by atoms with Crippen LogP contribution in [0.2, 0.25) is 0 Å². The predicted octanol–water partition coefficient (Wildman–Crippen LogP) is 3.28. The summed E-state index contributed by atoms with van der Waals surface area (Å²) in [5.74, 6) is -1.16. The number of aromatic nitrogens is 1. The first-order valence-electron chi connectivity index (χ1n) is 7.13. The van der Waals surface area contributed by atoms with Crippen LogP contribution in [0, 0.1) is 5.82 Å². The van der Waals surface area contributed by atoms with Gasteiger partial charge in [-0.05, 0) is 23.8 Å². The fraction of sp³-hybridized carbons (Fsp3) is 0.111. The van der Waals surface area contributed by atoms with E-state index in [1.807, 2.05) is 24.3 Å². The normalized spacial score (nSPS) is 10.7. The quantitative estimate of drug-likeness (QED) is 0.581. The molecule has 0 aliphatic rings. The molecule has 0 saturated heterocycles. The molecule has 0 atom stereocenters. The van der Waals surface area contributed by atoms with Crippen molar-refractivity contribution in [1.82, 2.24) is 4.98 Å². The highest BCUT2D eigenvalue weighted by atomic mass is 19.1. The van der Waals surface area contributed by atoms with E-state index in [-0.39, 0.29) is 24.6 Å². The van der Waals surface area contributed by atoms with Crippen LogP contribution in [0.4, 0.5) is 4.39 Å². The number of Topliss-reactive ketones (excluding diaryl/α,β-unsaturated/α-hetero) is 1. The number of benzene rings is 2. The molecule has 0 bridgehead atoms. The van der Waals surface area contributed by atoms with Gasteiger partial charge in [-0.15, -0.1) is 0 Å². The van der Waals surface area contributed by atoms with E-state index in [0.717, 1.165) is 10.9 Å². The van der Waals surface area contributed by atoms with Crippen LogP contribution in [0.15, 0.2) is 54.7 Å². The topological polar surface area (TPSA) is 59.2 Å². The third-order valence-electron chi connectivity index (χ3n) is 3.52. The largest absolute Gasteiger partial charge is 0.457 e. The van der Waals surface area contributed by atoms with Gasteiger partial charge in [0.15, 0.2) is 6.61 Å². The summed E-state index contributed by atoms with van der Waals surface area (Å²) >= 11 is 0. The Labute approximate surface area is 131 Å². The van der Waals surface area contributed by atoms with Gasteiger partial charge in [-0.3, -0.25) is 9.59 Å². The molecule has 0 saturated carbocycles. The molecule has 0 spiro atoms. The Morgan fingerprint density at radius 1 is 1.04 bits per heavy atom. The molecule has 1 N–H and O–H groups in total. The first-order chi connectivity index (χ1) is 11.1. The van der Waals surface area contributed by atoms with Crippen LogP contribution in [0.5, 0.6) is 0 Å². The van der Waals surface area contributed by atoms with Gasteiger partial charge < -0.3 is 9.72 Å². The molecule has 5 heteroatoms. The lowest BCUT2D eigenvalue weighted by molar-refractivity contribution is -0.141. The molecule has 2 aromatic carbocycles. The van der Waals surface area contributed by atoms with E-state index in [1.54, 1.807) is 6.20 Å². The molecule has 116 valence electrons. The maximum absolute atomic E-state index is 12.8. The Balaban J connectivity index is 1.60. The summed E-state index contributed by atoms with van der Waals surface area (Å²) in [5.41, 5.74) is 1.99. The third kappa shape index (κ3) is 3.45. The first kappa shape index (κ1) is 15.0. The third-order valence-corrected chi connectivity index (χ3v) is 3.52. The molecule has 3 aromatic rings. The van der Waals surface area contributed by atoms with E-state index in [1.165, 1.54) is 24.3 Å². The van der Waals surface area contributed by atoms with Crippen molar-refractivity contribution in [3.8, 4) is 0 Å². The second-order valence-corrected chi connectivity index (χ2v) is 5.14. The van der Waals surface area contributed by atoms with Crippen LogP contribution in [0.1, 0.15) is 15.9 Å². The van der Waals surface area contributed by atoms with E-state index in [9.17, 15) is 14.0 Å². The number of nitrogens with one attached hydrogen (secondary N) is 1. The van der Waals surface area contributed by atoms with Crippen molar-refractivity contribution >= 4 is 22.7 Å². The Morgan fingerprint density at radius 3 is 2.57 bits per heavy atom. The summed E-state index contributed by atoms with van der Waals surface area (Å²) in [6.07, 6.45) is 1.61. The van der Waals surface area contributed by atoms with Gasteiger partial charge in [0.05, 0.1) is 6.42 Å². The van der Waals surface area contributed by atoms with Crippen LogP contribution >= 0.6 is 0 Å². The van der Waals surface area contributed by atoms with Crippen molar-refractivity contribution in [2.24, 2.45) is 0 Å². The summed E-state index contributed by atoms with van der Waals surface area (Å²) in [5, 5.41) is 0.798. The number of H-pyrrole nitrogens is 1. The molecule has 1 aromatic heterocycles. The zero-order valence-electron chi connectivity index (χ0n) is 12.2. The SMILES string of the molecule is O=C(Cc1ccc(F)cc1)OCC(=O)c1c[nH]c2ccccc12. The van der Waals surface area contributed by atoms with Gasteiger partial charge in [-0.25, -0.2) is 4.39 Å². The number of ether oxygens (including phenoxy) is 1. The number of esters is 1. The molecule has 3 rings (SSSR count). The van der Waals surface area contributed by atoms with Crippen molar-refractivity contribution in [3.63, 3.8) is 0 Å². The summed E-state index contributed by atoms with van der Waals surface area (Å²) < 4.78 is 17.8. The average Bonchev–Trinajstić information content (AvgIpc) is 2.99. The summed E-state index contributed by atoms with van der Waals surface area (Å²) in [6, 6.07) is 13.0. The molecule has 0 radical (unpaired) electrons. The van der Waals surface area contributed by atoms with E-state index < -0.39 is 5.97 Å². The molecule has 0 aliphatic heterocycles. The van der Waals surface area contributed by atoms with Gasteiger partial charge >= 0.3 is 5.97 Å². The Kier molecular flexibility index (Phi) is 4.19. The van der Waals surface area contributed by atoms with Gasteiger partial charge in [0.2, 0.25) is 5.78 Å². The number of aromatic amines is 1. The highest BCUT2D eigenvalue weighted by molar-refractivity contribution is 6.08. The van der Waals surface area contributed by atoms with Crippen LogP contribution < -0.4 is 0 Å². The number of ketones is 1. The zero-order chi connectivity index (χ0) is 16.2. The van der Waals surface area contributed by atoms with E-state index in [2.05, 4.69) is 4.98 Å². The Bertz CT molecular complexity index is 852. The van der Waals surface area contributed by atoms with E-state index in [4.69, 9.17) is 4.74 Å². The van der Waals surface area contributed by atoms with E-state index in [0.29, 0.717) is 11.1 Å². The molecular weight excluding hydrogens is 297 g/mol. The van der Waals surface area contributed by atoms with Gasteiger partial charge in [-0.1, -0.05) is 30.3 Å².